The summed E-state index contributed by atoms with van der Waals surface area (Å²) in [4.78, 5) is 40.8. The Morgan fingerprint density at radius 2 is 1.42 bits per heavy atom. The second kappa shape index (κ2) is 9.97. The SMILES string of the molecule is Cc1c(Cl)cccc1NC(=O)CCC(=O)NNC(=O)N1c2ccccc2Sc2ccccc21. The molecule has 1 aliphatic rings. The standard InChI is InChI=1S/C24H21ClN4O3S/c1-15-16(25)7-6-8-17(15)26-22(30)13-14-23(31)27-28-24(32)29-18-9-2-4-11-20(18)33-21-12-5-3-10-19(21)29/h2-12H,13-14H2,1H3,(H,26,30)(H,27,31)(H,28,32). The zero-order valence-electron chi connectivity index (χ0n) is 17.7. The normalized spacial score (nSPS) is 11.8. The summed E-state index contributed by atoms with van der Waals surface area (Å²) in [6.07, 6.45) is -0.131. The average molecular weight is 481 g/mol. The van der Waals surface area contributed by atoms with Crippen molar-refractivity contribution >= 4 is 58.3 Å². The molecule has 0 saturated carbocycles. The number of carbonyl (C=O) groups excluding carboxylic acids is 3. The number of hydrogen-bond acceptors (Lipinski definition) is 4. The summed E-state index contributed by atoms with van der Waals surface area (Å²) in [6, 6.07) is 19.8. The lowest BCUT2D eigenvalue weighted by atomic mass is 10.2. The molecule has 0 spiro atoms. The fourth-order valence-corrected chi connectivity index (χ4v) is 4.58. The van der Waals surface area contributed by atoms with E-state index in [1.54, 1.807) is 36.9 Å². The largest absolute Gasteiger partial charge is 0.345 e. The van der Waals surface area contributed by atoms with Crippen LogP contribution in [-0.4, -0.2) is 17.8 Å². The van der Waals surface area contributed by atoms with E-state index >= 15 is 0 Å². The summed E-state index contributed by atoms with van der Waals surface area (Å²) in [6.45, 7) is 1.80. The highest BCUT2D eigenvalue weighted by Crippen LogP contribution is 2.47. The van der Waals surface area contributed by atoms with E-state index in [0.29, 0.717) is 10.7 Å². The first-order chi connectivity index (χ1) is 15.9. The number of para-hydroxylation sites is 2. The summed E-state index contributed by atoms with van der Waals surface area (Å²) >= 11 is 7.64. The number of hydrazine groups is 1. The van der Waals surface area contributed by atoms with Gasteiger partial charge in [-0.15, -0.1) is 0 Å². The molecular weight excluding hydrogens is 460 g/mol. The molecule has 168 valence electrons. The van der Waals surface area contributed by atoms with Crippen molar-refractivity contribution in [1.29, 1.82) is 0 Å². The summed E-state index contributed by atoms with van der Waals surface area (Å²) in [7, 11) is 0. The molecule has 1 heterocycles. The Bertz CT molecular complexity index is 1190. The molecule has 4 rings (SSSR count). The maximum atomic E-state index is 13.0. The van der Waals surface area contributed by atoms with Crippen LogP contribution in [0.2, 0.25) is 5.02 Å². The molecule has 1 aliphatic heterocycles. The van der Waals surface area contributed by atoms with Gasteiger partial charge in [0.25, 0.3) is 0 Å². The first-order valence-corrected chi connectivity index (χ1v) is 11.4. The predicted octanol–water partition coefficient (Wildman–Crippen LogP) is 5.41. The van der Waals surface area contributed by atoms with Crippen LogP contribution in [0.3, 0.4) is 0 Å². The molecule has 3 aromatic carbocycles. The smallest absolute Gasteiger partial charge is 0.326 e. The fourth-order valence-electron chi connectivity index (χ4n) is 3.35. The Morgan fingerprint density at radius 1 is 0.818 bits per heavy atom. The third-order valence-electron chi connectivity index (χ3n) is 5.07. The Hall–Kier alpha value is -3.49. The number of hydrogen-bond donors (Lipinski definition) is 3. The van der Waals surface area contributed by atoms with Crippen molar-refractivity contribution in [2.45, 2.75) is 29.6 Å². The van der Waals surface area contributed by atoms with Crippen molar-refractivity contribution in [3.63, 3.8) is 0 Å². The highest BCUT2D eigenvalue weighted by molar-refractivity contribution is 7.99. The molecule has 0 fully saturated rings. The van der Waals surface area contributed by atoms with Crippen LogP contribution in [0.15, 0.2) is 76.5 Å². The highest BCUT2D eigenvalue weighted by atomic mass is 35.5. The first-order valence-electron chi connectivity index (χ1n) is 10.2. The molecule has 0 radical (unpaired) electrons. The summed E-state index contributed by atoms with van der Waals surface area (Å²) in [5, 5.41) is 3.29. The van der Waals surface area contributed by atoms with Gasteiger partial charge in [0.1, 0.15) is 0 Å². The van der Waals surface area contributed by atoms with Crippen molar-refractivity contribution in [2.75, 3.05) is 10.2 Å². The van der Waals surface area contributed by atoms with E-state index in [4.69, 9.17) is 11.6 Å². The van der Waals surface area contributed by atoms with E-state index in [1.807, 2.05) is 48.5 Å². The number of fused-ring (bicyclic) bond motifs is 2. The number of carbonyl (C=O) groups is 3. The molecular formula is C24H21ClN4O3S. The van der Waals surface area contributed by atoms with Gasteiger partial charge in [0.05, 0.1) is 11.4 Å². The number of anilines is 3. The Balaban J connectivity index is 1.34. The second-order valence-electron chi connectivity index (χ2n) is 7.31. The van der Waals surface area contributed by atoms with E-state index in [1.165, 1.54) is 4.90 Å². The van der Waals surface area contributed by atoms with Crippen molar-refractivity contribution in [2.24, 2.45) is 0 Å². The van der Waals surface area contributed by atoms with Gasteiger partial charge in [0.2, 0.25) is 11.8 Å². The number of nitrogens with one attached hydrogen (secondary N) is 3. The van der Waals surface area contributed by atoms with Crippen LogP contribution in [0.4, 0.5) is 21.9 Å². The van der Waals surface area contributed by atoms with Gasteiger partial charge in [-0.25, -0.2) is 10.2 Å². The van der Waals surface area contributed by atoms with E-state index in [-0.39, 0.29) is 18.7 Å². The van der Waals surface area contributed by atoms with E-state index < -0.39 is 11.9 Å². The Kier molecular flexibility index (Phi) is 6.86. The fraction of sp³-hybridized carbons (Fsp3) is 0.125. The van der Waals surface area contributed by atoms with Gasteiger partial charge < -0.3 is 5.32 Å². The van der Waals surface area contributed by atoms with Gasteiger partial charge in [0.15, 0.2) is 0 Å². The average Bonchev–Trinajstić information content (AvgIpc) is 2.82. The lowest BCUT2D eigenvalue weighted by Gasteiger charge is -2.30. The molecule has 0 bridgehead atoms. The van der Waals surface area contributed by atoms with Gasteiger partial charge in [-0.2, -0.15) is 0 Å². The molecule has 0 atom stereocenters. The van der Waals surface area contributed by atoms with Crippen LogP contribution in [-0.2, 0) is 9.59 Å². The zero-order valence-corrected chi connectivity index (χ0v) is 19.3. The van der Waals surface area contributed by atoms with Crippen molar-refractivity contribution in [1.82, 2.24) is 10.9 Å². The zero-order chi connectivity index (χ0) is 23.4. The molecule has 0 unspecified atom stereocenters. The van der Waals surface area contributed by atoms with Gasteiger partial charge in [-0.05, 0) is 48.9 Å². The molecule has 0 saturated heterocycles. The molecule has 0 aliphatic carbocycles. The molecule has 0 aromatic heterocycles. The monoisotopic (exact) mass is 480 g/mol. The van der Waals surface area contributed by atoms with Gasteiger partial charge in [-0.1, -0.05) is 53.7 Å². The first kappa shape index (κ1) is 22.7. The summed E-state index contributed by atoms with van der Waals surface area (Å²) < 4.78 is 0. The molecule has 33 heavy (non-hydrogen) atoms. The van der Waals surface area contributed by atoms with Gasteiger partial charge in [0, 0.05) is 33.3 Å². The number of amides is 4. The predicted molar refractivity (Wildman–Crippen MR) is 130 cm³/mol. The lowest BCUT2D eigenvalue weighted by molar-refractivity contribution is -0.124. The van der Waals surface area contributed by atoms with E-state index in [2.05, 4.69) is 16.2 Å². The molecule has 7 nitrogen and oxygen atoms in total. The summed E-state index contributed by atoms with van der Waals surface area (Å²) in [5.74, 6) is -0.799. The molecule has 3 aromatic rings. The Morgan fingerprint density at radius 3 is 2.09 bits per heavy atom. The third-order valence-corrected chi connectivity index (χ3v) is 6.60. The quantitative estimate of drug-likeness (QED) is 0.435. The van der Waals surface area contributed by atoms with E-state index in [0.717, 1.165) is 26.7 Å². The lowest BCUT2D eigenvalue weighted by Crippen LogP contribution is -2.48. The number of urea groups is 1. The number of nitrogens with zero attached hydrogens (tertiary/aromatic N) is 1. The number of rotatable bonds is 4. The number of benzene rings is 3. The second-order valence-corrected chi connectivity index (χ2v) is 8.80. The minimum Gasteiger partial charge on any atom is -0.326 e. The Labute approximate surface area is 200 Å². The van der Waals surface area contributed by atoms with Crippen LogP contribution in [0.25, 0.3) is 0 Å². The third kappa shape index (κ3) is 5.13. The van der Waals surface area contributed by atoms with Crippen molar-refractivity contribution < 1.29 is 14.4 Å². The van der Waals surface area contributed by atoms with Crippen LogP contribution in [0.5, 0.6) is 0 Å². The van der Waals surface area contributed by atoms with Crippen LogP contribution in [0, 0.1) is 6.92 Å². The number of halogens is 1. The van der Waals surface area contributed by atoms with Gasteiger partial charge in [-0.3, -0.25) is 19.9 Å². The molecule has 9 heteroatoms. The molecule has 3 N–H and O–H groups in total. The maximum Gasteiger partial charge on any atom is 0.345 e. The molecule has 4 amide bonds. The van der Waals surface area contributed by atoms with Crippen LogP contribution >= 0.6 is 23.4 Å². The van der Waals surface area contributed by atoms with Crippen LogP contribution < -0.4 is 21.1 Å². The van der Waals surface area contributed by atoms with Gasteiger partial charge >= 0.3 is 6.03 Å². The minimum absolute atomic E-state index is 0.0420. The topological polar surface area (TPSA) is 90.5 Å². The van der Waals surface area contributed by atoms with Crippen LogP contribution in [0.1, 0.15) is 18.4 Å². The maximum absolute atomic E-state index is 13.0. The minimum atomic E-state index is -0.498. The van der Waals surface area contributed by atoms with Crippen molar-refractivity contribution in [3.8, 4) is 0 Å². The summed E-state index contributed by atoms with van der Waals surface area (Å²) in [5.41, 5.74) is 7.65. The van der Waals surface area contributed by atoms with Crippen molar-refractivity contribution in [3.05, 3.63) is 77.3 Å². The highest BCUT2D eigenvalue weighted by Gasteiger charge is 2.28. The van der Waals surface area contributed by atoms with E-state index in [9.17, 15) is 14.4 Å².